The van der Waals surface area contributed by atoms with E-state index in [0.717, 1.165) is 39.1 Å². The van der Waals surface area contributed by atoms with Gasteiger partial charge >= 0.3 is 5.97 Å². The molecule has 1 atom stereocenters. The summed E-state index contributed by atoms with van der Waals surface area (Å²) in [6, 6.07) is 0. The number of esters is 1. The smallest absolute Gasteiger partial charge is 0.307 e. The van der Waals surface area contributed by atoms with Gasteiger partial charge < -0.3 is 14.5 Å². The van der Waals surface area contributed by atoms with Gasteiger partial charge in [0.2, 0.25) is 0 Å². The van der Waals surface area contributed by atoms with Gasteiger partial charge in [-0.3, -0.25) is 4.79 Å². The molecule has 1 heterocycles. The van der Waals surface area contributed by atoms with E-state index in [4.69, 9.17) is 4.74 Å². The Hall–Kier alpha value is -0.610. The van der Waals surface area contributed by atoms with Crippen molar-refractivity contribution < 1.29 is 9.53 Å². The molecule has 1 unspecified atom stereocenters. The predicted molar refractivity (Wildman–Crippen MR) is 82.8 cm³/mol. The summed E-state index contributed by atoms with van der Waals surface area (Å²) in [5.74, 6) is 0.515. The normalized spacial score (nSPS) is 18.9. The Morgan fingerprint density at radius 1 is 1.20 bits per heavy atom. The van der Waals surface area contributed by atoms with Crippen LogP contribution in [0.1, 0.15) is 46.0 Å². The van der Waals surface area contributed by atoms with E-state index in [9.17, 15) is 4.79 Å². The summed E-state index contributed by atoms with van der Waals surface area (Å²) >= 11 is 0. The number of carbonyl (C=O) groups is 1. The largest absolute Gasteiger partial charge is 0.465 e. The maximum Gasteiger partial charge on any atom is 0.307 e. The fourth-order valence-corrected chi connectivity index (χ4v) is 2.50. The van der Waals surface area contributed by atoms with Gasteiger partial charge in [0.1, 0.15) is 0 Å². The Morgan fingerprint density at radius 2 is 1.90 bits per heavy atom. The molecule has 20 heavy (non-hydrogen) atoms. The van der Waals surface area contributed by atoms with E-state index in [0.29, 0.717) is 18.9 Å². The fraction of sp³-hybridized carbons (Fsp3) is 0.938. The molecule has 0 aliphatic carbocycles. The molecule has 0 radical (unpaired) electrons. The zero-order chi connectivity index (χ0) is 14.8. The second-order valence-corrected chi connectivity index (χ2v) is 5.99. The van der Waals surface area contributed by atoms with Crippen molar-refractivity contribution in [3.05, 3.63) is 0 Å². The highest BCUT2D eigenvalue weighted by molar-refractivity contribution is 5.69. The summed E-state index contributed by atoms with van der Waals surface area (Å²) in [7, 11) is 2.15. The van der Waals surface area contributed by atoms with E-state index >= 15 is 0 Å². The van der Waals surface area contributed by atoms with Gasteiger partial charge in [-0.1, -0.05) is 33.1 Å². The minimum Gasteiger partial charge on any atom is -0.465 e. The van der Waals surface area contributed by atoms with Crippen LogP contribution in [-0.4, -0.2) is 62.1 Å². The van der Waals surface area contributed by atoms with Crippen molar-refractivity contribution in [2.75, 3.05) is 46.4 Å². The molecule has 0 aromatic rings. The molecule has 0 N–H and O–H groups in total. The summed E-state index contributed by atoms with van der Waals surface area (Å²) in [4.78, 5) is 16.5. The van der Waals surface area contributed by atoms with Crippen LogP contribution in [0, 0.1) is 5.92 Å². The Morgan fingerprint density at radius 3 is 2.50 bits per heavy atom. The molecule has 0 bridgehead atoms. The number of rotatable bonds is 9. The SMILES string of the molecule is CCCCC(CC)COC(=O)CCN1CCN(C)CC1. The van der Waals surface area contributed by atoms with Crippen molar-refractivity contribution in [2.24, 2.45) is 5.92 Å². The van der Waals surface area contributed by atoms with Crippen LogP contribution in [0.2, 0.25) is 0 Å². The van der Waals surface area contributed by atoms with Crippen molar-refractivity contribution >= 4 is 5.97 Å². The topological polar surface area (TPSA) is 32.8 Å². The molecular weight excluding hydrogens is 252 g/mol. The van der Waals surface area contributed by atoms with Gasteiger partial charge in [-0.15, -0.1) is 0 Å². The Balaban J connectivity index is 2.10. The van der Waals surface area contributed by atoms with Gasteiger partial charge in [0.05, 0.1) is 13.0 Å². The highest BCUT2D eigenvalue weighted by Crippen LogP contribution is 2.13. The maximum atomic E-state index is 11.8. The summed E-state index contributed by atoms with van der Waals surface area (Å²) in [5, 5.41) is 0. The van der Waals surface area contributed by atoms with Gasteiger partial charge in [0.15, 0.2) is 0 Å². The summed E-state index contributed by atoms with van der Waals surface area (Å²) in [5.41, 5.74) is 0. The second-order valence-electron chi connectivity index (χ2n) is 5.99. The zero-order valence-electron chi connectivity index (χ0n) is 13.6. The Labute approximate surface area is 124 Å². The third kappa shape index (κ3) is 7.25. The zero-order valence-corrected chi connectivity index (χ0v) is 13.6. The second kappa shape index (κ2) is 10.2. The number of piperazine rings is 1. The minimum absolute atomic E-state index is 0.0288. The number of hydrogen-bond acceptors (Lipinski definition) is 4. The molecule has 0 spiro atoms. The number of ether oxygens (including phenoxy) is 1. The number of unbranched alkanes of at least 4 members (excludes halogenated alkanes) is 1. The molecule has 0 aromatic heterocycles. The van der Waals surface area contributed by atoms with Crippen LogP contribution in [0.25, 0.3) is 0 Å². The lowest BCUT2D eigenvalue weighted by molar-refractivity contribution is -0.145. The summed E-state index contributed by atoms with van der Waals surface area (Å²) in [6.45, 7) is 10.2. The Bertz CT molecular complexity index is 252. The van der Waals surface area contributed by atoms with E-state index in [1.54, 1.807) is 0 Å². The molecule has 1 aliphatic heterocycles. The van der Waals surface area contributed by atoms with Crippen molar-refractivity contribution in [3.63, 3.8) is 0 Å². The third-order valence-corrected chi connectivity index (χ3v) is 4.25. The quantitative estimate of drug-likeness (QED) is 0.609. The summed E-state index contributed by atoms with van der Waals surface area (Å²) in [6.07, 6.45) is 5.27. The van der Waals surface area contributed by atoms with Crippen LogP contribution in [0.5, 0.6) is 0 Å². The van der Waals surface area contributed by atoms with Crippen LogP contribution in [0.3, 0.4) is 0 Å². The first-order chi connectivity index (χ1) is 9.65. The molecule has 0 aromatic carbocycles. The van der Waals surface area contributed by atoms with Crippen molar-refractivity contribution in [2.45, 2.75) is 46.0 Å². The first kappa shape index (κ1) is 17.4. The first-order valence-corrected chi connectivity index (χ1v) is 8.22. The average molecular weight is 284 g/mol. The van der Waals surface area contributed by atoms with Crippen molar-refractivity contribution in [3.8, 4) is 0 Å². The van der Waals surface area contributed by atoms with Gasteiger partial charge in [0.25, 0.3) is 0 Å². The lowest BCUT2D eigenvalue weighted by Crippen LogP contribution is -2.45. The highest BCUT2D eigenvalue weighted by atomic mass is 16.5. The van der Waals surface area contributed by atoms with E-state index in [-0.39, 0.29) is 5.97 Å². The maximum absolute atomic E-state index is 11.8. The number of carbonyl (C=O) groups excluding carboxylic acids is 1. The highest BCUT2D eigenvalue weighted by Gasteiger charge is 2.15. The van der Waals surface area contributed by atoms with Crippen LogP contribution >= 0.6 is 0 Å². The van der Waals surface area contributed by atoms with Crippen LogP contribution < -0.4 is 0 Å². The van der Waals surface area contributed by atoms with Crippen molar-refractivity contribution in [1.82, 2.24) is 9.80 Å². The molecule has 1 saturated heterocycles. The lowest BCUT2D eigenvalue weighted by Gasteiger charge is -2.32. The van der Waals surface area contributed by atoms with Gasteiger partial charge in [-0.25, -0.2) is 0 Å². The van der Waals surface area contributed by atoms with Gasteiger partial charge in [-0.05, 0) is 19.4 Å². The van der Waals surface area contributed by atoms with E-state index in [1.807, 2.05) is 0 Å². The summed E-state index contributed by atoms with van der Waals surface area (Å²) < 4.78 is 5.43. The Kier molecular flexibility index (Phi) is 8.86. The molecule has 0 saturated carbocycles. The molecule has 118 valence electrons. The molecular formula is C16H32N2O2. The molecule has 1 rings (SSSR count). The predicted octanol–water partition coefficient (Wildman–Crippen LogP) is 2.38. The minimum atomic E-state index is -0.0288. The van der Waals surface area contributed by atoms with Crippen LogP contribution in [0.4, 0.5) is 0 Å². The first-order valence-electron chi connectivity index (χ1n) is 8.22. The van der Waals surface area contributed by atoms with Crippen LogP contribution in [0.15, 0.2) is 0 Å². The average Bonchev–Trinajstić information content (AvgIpc) is 2.47. The molecule has 4 heteroatoms. The fourth-order valence-electron chi connectivity index (χ4n) is 2.50. The van der Waals surface area contributed by atoms with Gasteiger partial charge in [-0.2, -0.15) is 0 Å². The molecule has 1 fully saturated rings. The number of likely N-dealkylation sites (N-methyl/N-ethyl adjacent to an activating group) is 1. The van der Waals surface area contributed by atoms with Crippen molar-refractivity contribution in [1.29, 1.82) is 0 Å². The van der Waals surface area contributed by atoms with E-state index < -0.39 is 0 Å². The monoisotopic (exact) mass is 284 g/mol. The molecule has 0 amide bonds. The number of hydrogen-bond donors (Lipinski definition) is 0. The molecule has 1 aliphatic rings. The van der Waals surface area contributed by atoms with Gasteiger partial charge in [0, 0.05) is 32.7 Å². The van der Waals surface area contributed by atoms with E-state index in [2.05, 4.69) is 30.7 Å². The standard InChI is InChI=1S/C16H32N2O2/c1-4-6-7-15(5-2)14-20-16(19)8-9-18-12-10-17(3)11-13-18/h15H,4-14H2,1-3H3. The third-order valence-electron chi connectivity index (χ3n) is 4.25. The lowest BCUT2D eigenvalue weighted by atomic mass is 10.0. The molecule has 4 nitrogen and oxygen atoms in total. The van der Waals surface area contributed by atoms with E-state index in [1.165, 1.54) is 19.3 Å². The number of nitrogens with zero attached hydrogens (tertiary/aromatic N) is 2. The van der Waals surface area contributed by atoms with Crippen LogP contribution in [-0.2, 0) is 9.53 Å².